The van der Waals surface area contributed by atoms with E-state index < -0.39 is 0 Å². The lowest BCUT2D eigenvalue weighted by molar-refractivity contribution is 0.102. The lowest BCUT2D eigenvalue weighted by atomic mass is 10.1. The number of rotatable bonds is 6. The van der Waals surface area contributed by atoms with Crippen molar-refractivity contribution in [1.29, 1.82) is 0 Å². The summed E-state index contributed by atoms with van der Waals surface area (Å²) in [6.45, 7) is 0.541. The van der Waals surface area contributed by atoms with Gasteiger partial charge in [0.05, 0.1) is 11.4 Å². The minimum absolute atomic E-state index is 0.207. The minimum atomic E-state index is -0.207. The normalized spacial score (nSPS) is 10.4. The summed E-state index contributed by atoms with van der Waals surface area (Å²) in [6, 6.07) is 18.3. The van der Waals surface area contributed by atoms with E-state index in [2.05, 4.69) is 25.6 Å². The number of carbonyl (C=O) groups is 1. The zero-order valence-electron chi connectivity index (χ0n) is 16.1. The van der Waals surface area contributed by atoms with Crippen LogP contribution in [-0.2, 0) is 6.54 Å². The summed E-state index contributed by atoms with van der Waals surface area (Å²) in [5.41, 5.74) is 10.4. The summed E-state index contributed by atoms with van der Waals surface area (Å²) in [5, 5.41) is 6.00. The Balaban J connectivity index is 1.34. The Hall–Kier alpha value is -4.26. The quantitative estimate of drug-likeness (QED) is 0.426. The molecule has 0 spiro atoms. The van der Waals surface area contributed by atoms with E-state index >= 15 is 0 Å². The Bertz CT molecular complexity index is 1130. The summed E-state index contributed by atoms with van der Waals surface area (Å²) in [4.78, 5) is 25.2. The molecule has 4 aromatic rings. The molecule has 7 heteroatoms. The van der Waals surface area contributed by atoms with Crippen LogP contribution >= 0.6 is 0 Å². The molecule has 0 aliphatic rings. The standard InChI is InChI=1S/C23H20N6O/c24-20-5-1-2-6-21(20)29-22(30)17-9-7-16(8-10-17)12-26-23-27-14-19(15-28-23)18-4-3-11-25-13-18/h1-11,13-15H,12,24H2,(H,29,30)(H,26,27,28). The molecule has 0 fully saturated rings. The molecule has 0 saturated carbocycles. The number of pyridine rings is 1. The Kier molecular flexibility index (Phi) is 5.61. The topological polar surface area (TPSA) is 106 Å². The number of benzene rings is 2. The van der Waals surface area contributed by atoms with E-state index in [1.54, 1.807) is 49.1 Å². The van der Waals surface area contributed by atoms with Gasteiger partial charge in [-0.2, -0.15) is 0 Å². The second kappa shape index (κ2) is 8.83. The molecule has 0 atom stereocenters. The van der Waals surface area contributed by atoms with Crippen LogP contribution in [0.5, 0.6) is 0 Å². The molecule has 0 unspecified atom stereocenters. The summed E-state index contributed by atoms with van der Waals surface area (Å²) in [7, 11) is 0. The molecule has 2 aromatic heterocycles. The number of nitrogens with one attached hydrogen (secondary N) is 2. The SMILES string of the molecule is Nc1ccccc1NC(=O)c1ccc(CNc2ncc(-c3cccnc3)cn2)cc1. The predicted molar refractivity (Wildman–Crippen MR) is 118 cm³/mol. The Labute approximate surface area is 174 Å². The number of amides is 1. The second-order valence-electron chi connectivity index (χ2n) is 6.63. The smallest absolute Gasteiger partial charge is 0.255 e. The Morgan fingerprint density at radius 2 is 1.63 bits per heavy atom. The van der Waals surface area contributed by atoms with Gasteiger partial charge in [-0.1, -0.05) is 30.3 Å². The highest BCUT2D eigenvalue weighted by molar-refractivity contribution is 6.05. The molecule has 2 aromatic carbocycles. The van der Waals surface area contributed by atoms with Gasteiger partial charge in [-0.25, -0.2) is 9.97 Å². The van der Waals surface area contributed by atoms with Crippen LogP contribution in [-0.4, -0.2) is 20.9 Å². The zero-order chi connectivity index (χ0) is 20.8. The van der Waals surface area contributed by atoms with Crippen molar-refractivity contribution in [3.8, 4) is 11.1 Å². The average molecular weight is 396 g/mol. The van der Waals surface area contributed by atoms with Crippen LogP contribution in [0.25, 0.3) is 11.1 Å². The van der Waals surface area contributed by atoms with Crippen LogP contribution in [0.15, 0.2) is 85.5 Å². The molecule has 0 radical (unpaired) electrons. The molecule has 30 heavy (non-hydrogen) atoms. The molecule has 2 heterocycles. The van der Waals surface area contributed by atoms with Gasteiger partial charge in [0.15, 0.2) is 0 Å². The van der Waals surface area contributed by atoms with Gasteiger partial charge in [-0.3, -0.25) is 9.78 Å². The number of aromatic nitrogens is 3. The molecule has 4 N–H and O–H groups in total. The molecule has 4 rings (SSSR count). The van der Waals surface area contributed by atoms with E-state index in [0.29, 0.717) is 29.4 Å². The number of hydrogen-bond donors (Lipinski definition) is 3. The molecule has 7 nitrogen and oxygen atoms in total. The van der Waals surface area contributed by atoms with Crippen LogP contribution in [0.4, 0.5) is 17.3 Å². The second-order valence-corrected chi connectivity index (χ2v) is 6.63. The van der Waals surface area contributed by atoms with Gasteiger partial charge in [-0.05, 0) is 35.9 Å². The van der Waals surface area contributed by atoms with Gasteiger partial charge in [0.1, 0.15) is 0 Å². The van der Waals surface area contributed by atoms with E-state index in [1.807, 2.05) is 36.4 Å². The summed E-state index contributed by atoms with van der Waals surface area (Å²) in [5.74, 6) is 0.325. The first-order valence-corrected chi connectivity index (χ1v) is 9.40. The van der Waals surface area contributed by atoms with Gasteiger partial charge >= 0.3 is 0 Å². The van der Waals surface area contributed by atoms with Crippen LogP contribution in [0.2, 0.25) is 0 Å². The first-order valence-electron chi connectivity index (χ1n) is 9.40. The molecular weight excluding hydrogens is 376 g/mol. The van der Waals surface area contributed by atoms with Gasteiger partial charge < -0.3 is 16.4 Å². The van der Waals surface area contributed by atoms with Crippen LogP contribution in [0, 0.1) is 0 Å². The highest BCUT2D eigenvalue weighted by Crippen LogP contribution is 2.19. The summed E-state index contributed by atoms with van der Waals surface area (Å²) >= 11 is 0. The minimum Gasteiger partial charge on any atom is -0.397 e. The van der Waals surface area contributed by atoms with Gasteiger partial charge in [-0.15, -0.1) is 0 Å². The number of hydrogen-bond acceptors (Lipinski definition) is 6. The highest BCUT2D eigenvalue weighted by atomic mass is 16.1. The van der Waals surface area contributed by atoms with Crippen molar-refractivity contribution in [2.75, 3.05) is 16.4 Å². The van der Waals surface area contributed by atoms with E-state index in [4.69, 9.17) is 5.73 Å². The van der Waals surface area contributed by atoms with Gasteiger partial charge in [0, 0.05) is 48.0 Å². The van der Waals surface area contributed by atoms with E-state index in [-0.39, 0.29) is 5.91 Å². The monoisotopic (exact) mass is 396 g/mol. The van der Waals surface area contributed by atoms with E-state index in [1.165, 1.54) is 0 Å². The third-order valence-corrected chi connectivity index (χ3v) is 4.52. The first-order chi connectivity index (χ1) is 14.7. The van der Waals surface area contributed by atoms with Gasteiger partial charge in [0.25, 0.3) is 5.91 Å². The Morgan fingerprint density at radius 1 is 0.867 bits per heavy atom. The molecule has 0 saturated heterocycles. The maximum Gasteiger partial charge on any atom is 0.255 e. The van der Waals surface area contributed by atoms with E-state index in [0.717, 1.165) is 16.7 Å². The number of carbonyl (C=O) groups excluding carboxylic acids is 1. The zero-order valence-corrected chi connectivity index (χ0v) is 16.1. The number of para-hydroxylation sites is 2. The lowest BCUT2D eigenvalue weighted by Crippen LogP contribution is -2.13. The van der Waals surface area contributed by atoms with Crippen LogP contribution in [0.3, 0.4) is 0 Å². The molecular formula is C23H20N6O. The molecule has 1 amide bonds. The third-order valence-electron chi connectivity index (χ3n) is 4.52. The van der Waals surface area contributed by atoms with Crippen LogP contribution in [0.1, 0.15) is 15.9 Å². The van der Waals surface area contributed by atoms with Gasteiger partial charge in [0.2, 0.25) is 5.95 Å². The van der Waals surface area contributed by atoms with Crippen molar-refractivity contribution in [2.24, 2.45) is 0 Å². The van der Waals surface area contributed by atoms with Crippen molar-refractivity contribution >= 4 is 23.2 Å². The predicted octanol–water partition coefficient (Wildman–Crippen LogP) is 3.99. The summed E-state index contributed by atoms with van der Waals surface area (Å²) in [6.07, 6.45) is 7.02. The van der Waals surface area contributed by atoms with Crippen molar-refractivity contribution in [3.63, 3.8) is 0 Å². The molecule has 0 bridgehead atoms. The first kappa shape index (κ1) is 19.1. The molecule has 148 valence electrons. The third kappa shape index (κ3) is 4.59. The fourth-order valence-electron chi connectivity index (χ4n) is 2.86. The van der Waals surface area contributed by atoms with Crippen molar-refractivity contribution in [1.82, 2.24) is 15.0 Å². The van der Waals surface area contributed by atoms with Crippen molar-refractivity contribution in [3.05, 3.63) is 96.6 Å². The maximum atomic E-state index is 12.4. The maximum absolute atomic E-state index is 12.4. The number of nitrogens with two attached hydrogens (primary N) is 1. The number of anilines is 3. The molecule has 0 aliphatic carbocycles. The summed E-state index contributed by atoms with van der Waals surface area (Å²) < 4.78 is 0. The van der Waals surface area contributed by atoms with Crippen molar-refractivity contribution < 1.29 is 4.79 Å². The van der Waals surface area contributed by atoms with Crippen LogP contribution < -0.4 is 16.4 Å². The number of nitrogen functional groups attached to an aromatic ring is 1. The fourth-order valence-corrected chi connectivity index (χ4v) is 2.86. The van der Waals surface area contributed by atoms with Crippen molar-refractivity contribution in [2.45, 2.75) is 6.54 Å². The Morgan fingerprint density at radius 3 is 2.33 bits per heavy atom. The lowest BCUT2D eigenvalue weighted by Gasteiger charge is -2.09. The molecule has 0 aliphatic heterocycles. The fraction of sp³-hybridized carbons (Fsp3) is 0.0435. The average Bonchev–Trinajstić information content (AvgIpc) is 2.80. The highest BCUT2D eigenvalue weighted by Gasteiger charge is 2.08. The van der Waals surface area contributed by atoms with E-state index in [9.17, 15) is 4.79 Å². The number of nitrogens with zero attached hydrogens (tertiary/aromatic N) is 3. The largest absolute Gasteiger partial charge is 0.397 e.